The van der Waals surface area contributed by atoms with Crippen LogP contribution < -0.4 is 15.2 Å². The van der Waals surface area contributed by atoms with Gasteiger partial charge in [0.25, 0.3) is 0 Å². The third kappa shape index (κ3) is 4.80. The van der Waals surface area contributed by atoms with E-state index in [0.29, 0.717) is 0 Å². The van der Waals surface area contributed by atoms with E-state index in [-0.39, 0.29) is 5.54 Å². The van der Waals surface area contributed by atoms with Crippen molar-refractivity contribution >= 4 is 6.08 Å². The molecule has 0 atom stereocenters. The molecule has 100 valence electrons. The van der Waals surface area contributed by atoms with Gasteiger partial charge in [-0.2, -0.15) is 0 Å². The van der Waals surface area contributed by atoms with Gasteiger partial charge in [0.1, 0.15) is 11.5 Å². The molecule has 0 saturated carbocycles. The molecule has 3 nitrogen and oxygen atoms in total. The average molecular weight is 249 g/mol. The van der Waals surface area contributed by atoms with Crippen LogP contribution in [-0.4, -0.2) is 19.8 Å². The van der Waals surface area contributed by atoms with Crippen LogP contribution >= 0.6 is 0 Å². The van der Waals surface area contributed by atoms with Crippen LogP contribution in [0.2, 0.25) is 0 Å². The molecular weight excluding hydrogens is 226 g/mol. The highest BCUT2D eigenvalue weighted by molar-refractivity contribution is 5.59. The Morgan fingerprint density at radius 3 is 2.50 bits per heavy atom. The Hall–Kier alpha value is -1.48. The van der Waals surface area contributed by atoms with Crippen molar-refractivity contribution in [3.05, 3.63) is 29.8 Å². The fourth-order valence-corrected chi connectivity index (χ4v) is 1.62. The van der Waals surface area contributed by atoms with E-state index in [2.05, 4.69) is 12.2 Å². The van der Waals surface area contributed by atoms with Crippen LogP contribution in [0.25, 0.3) is 6.08 Å². The van der Waals surface area contributed by atoms with Crippen LogP contribution in [-0.2, 0) is 0 Å². The predicted molar refractivity (Wildman–Crippen MR) is 76.1 cm³/mol. The van der Waals surface area contributed by atoms with Crippen molar-refractivity contribution in [3.8, 4) is 11.5 Å². The molecule has 0 heterocycles. The van der Waals surface area contributed by atoms with Crippen LogP contribution in [0.3, 0.4) is 0 Å². The van der Waals surface area contributed by atoms with Gasteiger partial charge in [0.2, 0.25) is 0 Å². The second-order valence-corrected chi connectivity index (χ2v) is 5.04. The Kier molecular flexibility index (Phi) is 5.23. The van der Waals surface area contributed by atoms with Crippen molar-refractivity contribution in [3.63, 3.8) is 0 Å². The summed E-state index contributed by atoms with van der Waals surface area (Å²) in [5.41, 5.74) is 6.87. The largest absolute Gasteiger partial charge is 0.497 e. The first-order chi connectivity index (χ1) is 8.46. The van der Waals surface area contributed by atoms with Gasteiger partial charge < -0.3 is 15.2 Å². The Balaban J connectivity index is 2.69. The number of methoxy groups -OCH3 is 2. The summed E-state index contributed by atoms with van der Waals surface area (Å²) in [6, 6.07) is 5.80. The monoisotopic (exact) mass is 249 g/mol. The van der Waals surface area contributed by atoms with E-state index in [4.69, 9.17) is 15.2 Å². The van der Waals surface area contributed by atoms with Crippen LogP contribution in [0.5, 0.6) is 11.5 Å². The number of benzene rings is 1. The molecule has 18 heavy (non-hydrogen) atoms. The molecule has 3 heteroatoms. The third-order valence-electron chi connectivity index (χ3n) is 2.69. The summed E-state index contributed by atoms with van der Waals surface area (Å²) in [5, 5.41) is 0. The summed E-state index contributed by atoms with van der Waals surface area (Å²) in [6.07, 6.45) is 6.10. The van der Waals surface area contributed by atoms with Crippen molar-refractivity contribution in [1.82, 2.24) is 0 Å². The molecule has 0 bridgehead atoms. The van der Waals surface area contributed by atoms with E-state index in [1.54, 1.807) is 14.2 Å². The SMILES string of the molecule is COc1ccc(/C=C/CCC(C)(C)N)c(OC)c1. The van der Waals surface area contributed by atoms with Gasteiger partial charge in [0.05, 0.1) is 14.2 Å². The highest BCUT2D eigenvalue weighted by Crippen LogP contribution is 2.25. The first kappa shape index (κ1) is 14.6. The number of hydrogen-bond donors (Lipinski definition) is 1. The first-order valence-electron chi connectivity index (χ1n) is 6.14. The lowest BCUT2D eigenvalue weighted by Crippen LogP contribution is -2.31. The predicted octanol–water partition coefficient (Wildman–Crippen LogP) is 3.23. The molecular formula is C15H23NO2. The summed E-state index contributed by atoms with van der Waals surface area (Å²) in [7, 11) is 3.31. The molecule has 1 aromatic rings. The molecule has 2 N–H and O–H groups in total. The van der Waals surface area contributed by atoms with Crippen molar-refractivity contribution in [2.45, 2.75) is 32.2 Å². The van der Waals surface area contributed by atoms with E-state index in [1.807, 2.05) is 32.0 Å². The lowest BCUT2D eigenvalue weighted by atomic mass is 10.00. The van der Waals surface area contributed by atoms with E-state index in [0.717, 1.165) is 29.9 Å². The summed E-state index contributed by atoms with van der Waals surface area (Å²) >= 11 is 0. The zero-order valence-electron chi connectivity index (χ0n) is 11.7. The maximum atomic E-state index is 5.93. The highest BCUT2D eigenvalue weighted by Gasteiger charge is 2.08. The number of allylic oxidation sites excluding steroid dienone is 1. The summed E-state index contributed by atoms with van der Waals surface area (Å²) in [5.74, 6) is 1.62. The number of ether oxygens (including phenoxy) is 2. The Morgan fingerprint density at radius 2 is 1.94 bits per heavy atom. The lowest BCUT2D eigenvalue weighted by Gasteiger charge is -2.16. The summed E-state index contributed by atoms with van der Waals surface area (Å²) in [4.78, 5) is 0. The van der Waals surface area contributed by atoms with E-state index < -0.39 is 0 Å². The van der Waals surface area contributed by atoms with Gasteiger partial charge in [-0.3, -0.25) is 0 Å². The van der Waals surface area contributed by atoms with Gasteiger partial charge in [0.15, 0.2) is 0 Å². The fourth-order valence-electron chi connectivity index (χ4n) is 1.62. The number of hydrogen-bond acceptors (Lipinski definition) is 3. The topological polar surface area (TPSA) is 44.5 Å². The second kappa shape index (κ2) is 6.45. The highest BCUT2D eigenvalue weighted by atomic mass is 16.5. The van der Waals surface area contributed by atoms with E-state index in [9.17, 15) is 0 Å². The molecule has 0 saturated heterocycles. The minimum Gasteiger partial charge on any atom is -0.497 e. The molecule has 0 aromatic heterocycles. The standard InChI is InChI=1S/C15H23NO2/c1-15(2,16)10-6-5-7-12-8-9-13(17-3)11-14(12)18-4/h5,7-9,11H,6,10,16H2,1-4H3/b7-5+. The average Bonchev–Trinajstić information content (AvgIpc) is 2.33. The van der Waals surface area contributed by atoms with Crippen molar-refractivity contribution in [2.24, 2.45) is 5.73 Å². The zero-order chi connectivity index (χ0) is 13.6. The second-order valence-electron chi connectivity index (χ2n) is 5.04. The molecule has 0 aliphatic carbocycles. The molecule has 0 amide bonds. The minimum atomic E-state index is -0.117. The van der Waals surface area contributed by atoms with Crippen LogP contribution in [0.15, 0.2) is 24.3 Å². The van der Waals surface area contributed by atoms with Crippen molar-refractivity contribution in [1.29, 1.82) is 0 Å². The normalized spacial score (nSPS) is 11.8. The quantitative estimate of drug-likeness (QED) is 0.841. The zero-order valence-corrected chi connectivity index (χ0v) is 11.7. The van der Waals surface area contributed by atoms with Crippen LogP contribution in [0.4, 0.5) is 0 Å². The molecule has 0 radical (unpaired) electrons. The van der Waals surface area contributed by atoms with E-state index >= 15 is 0 Å². The molecule has 0 fully saturated rings. The summed E-state index contributed by atoms with van der Waals surface area (Å²) < 4.78 is 10.5. The van der Waals surface area contributed by atoms with Crippen LogP contribution in [0.1, 0.15) is 32.3 Å². The molecule has 1 rings (SSSR count). The molecule has 1 aromatic carbocycles. The third-order valence-corrected chi connectivity index (χ3v) is 2.69. The number of rotatable bonds is 6. The molecule has 0 spiro atoms. The lowest BCUT2D eigenvalue weighted by molar-refractivity contribution is 0.393. The van der Waals surface area contributed by atoms with Gasteiger partial charge in [-0.1, -0.05) is 12.2 Å². The molecule has 0 unspecified atom stereocenters. The Labute approximate surface area is 110 Å². The number of nitrogens with two attached hydrogens (primary N) is 1. The van der Waals surface area contributed by atoms with Gasteiger partial charge in [-0.15, -0.1) is 0 Å². The van der Waals surface area contributed by atoms with Gasteiger partial charge in [-0.25, -0.2) is 0 Å². The smallest absolute Gasteiger partial charge is 0.129 e. The van der Waals surface area contributed by atoms with Crippen molar-refractivity contribution < 1.29 is 9.47 Å². The fraction of sp³-hybridized carbons (Fsp3) is 0.467. The van der Waals surface area contributed by atoms with Gasteiger partial charge in [0, 0.05) is 17.2 Å². The van der Waals surface area contributed by atoms with Crippen LogP contribution in [0, 0.1) is 0 Å². The maximum Gasteiger partial charge on any atom is 0.129 e. The maximum absolute atomic E-state index is 5.93. The molecule has 0 aliphatic heterocycles. The molecule has 0 aliphatic rings. The Bertz CT molecular complexity index is 405. The Morgan fingerprint density at radius 1 is 1.22 bits per heavy atom. The van der Waals surface area contributed by atoms with Gasteiger partial charge >= 0.3 is 0 Å². The first-order valence-corrected chi connectivity index (χ1v) is 6.14. The minimum absolute atomic E-state index is 0.117. The summed E-state index contributed by atoms with van der Waals surface area (Å²) in [6.45, 7) is 4.07. The van der Waals surface area contributed by atoms with E-state index in [1.165, 1.54) is 0 Å². The van der Waals surface area contributed by atoms with Crippen molar-refractivity contribution in [2.75, 3.05) is 14.2 Å². The van der Waals surface area contributed by atoms with Gasteiger partial charge in [-0.05, 0) is 38.8 Å².